The quantitative estimate of drug-likeness (QED) is 0.710. The minimum Gasteiger partial charge on any atom is -0.539 e. The smallest absolute Gasteiger partial charge is 0.291 e. The van der Waals surface area contributed by atoms with Gasteiger partial charge in [0.05, 0.1) is 18.0 Å². The molecule has 2 heterocycles. The zero-order valence-corrected chi connectivity index (χ0v) is 13.5. The average molecular weight is 331 g/mol. The molecule has 0 spiro atoms. The summed E-state index contributed by atoms with van der Waals surface area (Å²) in [7, 11) is 0. The van der Waals surface area contributed by atoms with E-state index in [0.717, 1.165) is 19.3 Å². The molecular weight excluding hydrogens is 310 g/mol. The van der Waals surface area contributed by atoms with Gasteiger partial charge in [-0.05, 0) is 24.8 Å². The molecule has 128 valence electrons. The van der Waals surface area contributed by atoms with Crippen LogP contribution in [0, 0.1) is 0 Å². The van der Waals surface area contributed by atoms with Crippen LogP contribution < -0.4 is 9.79 Å². The van der Waals surface area contributed by atoms with E-state index in [1.165, 1.54) is 16.4 Å². The number of hydrogen-bond acceptors (Lipinski definition) is 5. The van der Waals surface area contributed by atoms with E-state index in [4.69, 9.17) is 4.74 Å². The maximum atomic E-state index is 12.3. The van der Waals surface area contributed by atoms with Crippen LogP contribution in [0.5, 0.6) is 5.95 Å². The molecule has 1 fully saturated rings. The summed E-state index contributed by atoms with van der Waals surface area (Å²) >= 11 is 0. The van der Waals surface area contributed by atoms with Crippen LogP contribution >= 0.6 is 0 Å². The topological polar surface area (TPSA) is 82.5 Å². The molecule has 1 aliphatic heterocycles. The second kappa shape index (κ2) is 7.92. The van der Waals surface area contributed by atoms with E-state index in [0.29, 0.717) is 19.7 Å². The second-order valence-electron chi connectivity index (χ2n) is 5.93. The van der Waals surface area contributed by atoms with Crippen molar-refractivity contribution in [3.8, 4) is 5.95 Å². The van der Waals surface area contributed by atoms with E-state index >= 15 is 0 Å². The van der Waals surface area contributed by atoms with Crippen molar-refractivity contribution in [3.05, 3.63) is 42.1 Å². The molecule has 1 aliphatic rings. The standard InChI is InChI=1S/C17H21N3O4/c21-16(12-20-13-17(22)24-18-20)19-9-10-23-15(11-19)8-4-7-14-5-2-1-3-6-14/h1-3,5-6,13,15H,4,7-12H2. The Hall–Kier alpha value is -2.41. The first-order valence-corrected chi connectivity index (χ1v) is 8.17. The largest absolute Gasteiger partial charge is 0.539 e. The molecule has 2 aromatic rings. The predicted octanol–water partition coefficient (Wildman–Crippen LogP) is 0.286. The number of aromatic nitrogens is 2. The molecule has 7 nitrogen and oxygen atoms in total. The fraction of sp³-hybridized carbons (Fsp3) is 0.471. The number of benzene rings is 1. The van der Waals surface area contributed by atoms with Crippen LogP contribution in [0.15, 0.2) is 41.1 Å². The van der Waals surface area contributed by atoms with Gasteiger partial charge in [-0.15, -0.1) is 0 Å². The zero-order chi connectivity index (χ0) is 16.8. The Kier molecular flexibility index (Phi) is 5.43. The highest BCUT2D eigenvalue weighted by molar-refractivity contribution is 5.74. The normalized spacial score (nSPS) is 17.8. The Morgan fingerprint density at radius 3 is 2.96 bits per heavy atom. The lowest BCUT2D eigenvalue weighted by Crippen LogP contribution is -2.51. The predicted molar refractivity (Wildman–Crippen MR) is 81.8 cm³/mol. The first-order chi connectivity index (χ1) is 11.7. The highest BCUT2D eigenvalue weighted by Gasteiger charge is 2.26. The van der Waals surface area contributed by atoms with Gasteiger partial charge >= 0.3 is 0 Å². The molecule has 0 saturated carbocycles. The molecule has 0 N–H and O–H groups in total. The number of rotatable bonds is 6. The van der Waals surface area contributed by atoms with Crippen molar-refractivity contribution >= 4 is 5.91 Å². The van der Waals surface area contributed by atoms with Gasteiger partial charge in [0.25, 0.3) is 12.5 Å². The highest BCUT2D eigenvalue weighted by atomic mass is 16.6. The van der Waals surface area contributed by atoms with Gasteiger partial charge in [-0.1, -0.05) is 35.0 Å². The SMILES string of the molecule is O=C(C[n+]1cc([O-])on1)N1CCOC(CCCc2ccccc2)C1. The number of morpholine rings is 1. The molecule has 0 aliphatic carbocycles. The van der Waals surface area contributed by atoms with Gasteiger partial charge in [-0.2, -0.15) is 0 Å². The van der Waals surface area contributed by atoms with Crippen LogP contribution in [0.4, 0.5) is 0 Å². The molecule has 1 atom stereocenters. The van der Waals surface area contributed by atoms with Crippen LogP contribution in [0.3, 0.4) is 0 Å². The van der Waals surface area contributed by atoms with Gasteiger partial charge in [0.2, 0.25) is 6.20 Å². The first-order valence-electron chi connectivity index (χ1n) is 8.17. The maximum absolute atomic E-state index is 12.3. The van der Waals surface area contributed by atoms with Gasteiger partial charge in [0, 0.05) is 13.1 Å². The molecular formula is C17H21N3O4. The lowest BCUT2D eigenvalue weighted by atomic mass is 10.1. The summed E-state index contributed by atoms with van der Waals surface area (Å²) in [5.41, 5.74) is 1.32. The fourth-order valence-electron chi connectivity index (χ4n) is 2.87. The van der Waals surface area contributed by atoms with E-state index in [-0.39, 0.29) is 18.6 Å². The Morgan fingerprint density at radius 1 is 1.38 bits per heavy atom. The second-order valence-corrected chi connectivity index (χ2v) is 5.93. The Labute approximate surface area is 140 Å². The van der Waals surface area contributed by atoms with Crippen LogP contribution in [0.25, 0.3) is 0 Å². The van der Waals surface area contributed by atoms with Crippen molar-refractivity contribution in [2.24, 2.45) is 0 Å². The monoisotopic (exact) mass is 331 g/mol. The summed E-state index contributed by atoms with van der Waals surface area (Å²) in [4.78, 5) is 14.1. The Bertz CT molecular complexity index is 659. The van der Waals surface area contributed by atoms with Gasteiger partial charge in [0.15, 0.2) is 0 Å². The third-order valence-corrected chi connectivity index (χ3v) is 4.11. The van der Waals surface area contributed by atoms with Crippen molar-refractivity contribution in [1.82, 2.24) is 10.2 Å². The summed E-state index contributed by atoms with van der Waals surface area (Å²) in [6.07, 6.45) is 4.18. The molecule has 1 saturated heterocycles. The Morgan fingerprint density at radius 2 is 2.21 bits per heavy atom. The molecule has 1 amide bonds. The Balaban J connectivity index is 1.44. The molecule has 24 heavy (non-hydrogen) atoms. The van der Waals surface area contributed by atoms with Gasteiger partial charge in [-0.3, -0.25) is 4.79 Å². The summed E-state index contributed by atoms with van der Waals surface area (Å²) in [6.45, 7) is 1.70. The average Bonchev–Trinajstić information content (AvgIpc) is 3.01. The van der Waals surface area contributed by atoms with Crippen LogP contribution in [-0.4, -0.2) is 41.9 Å². The molecule has 1 unspecified atom stereocenters. The van der Waals surface area contributed by atoms with Gasteiger partial charge < -0.3 is 19.3 Å². The van der Waals surface area contributed by atoms with Crippen molar-refractivity contribution in [3.63, 3.8) is 0 Å². The van der Waals surface area contributed by atoms with Crippen molar-refractivity contribution in [2.45, 2.75) is 31.9 Å². The summed E-state index contributed by atoms with van der Waals surface area (Å²) in [6, 6.07) is 10.3. The molecule has 1 aromatic heterocycles. The number of ether oxygens (including phenoxy) is 1. The van der Waals surface area contributed by atoms with Crippen LogP contribution in [0.1, 0.15) is 18.4 Å². The minimum atomic E-state index is -0.552. The van der Waals surface area contributed by atoms with E-state index in [1.54, 1.807) is 4.90 Å². The van der Waals surface area contributed by atoms with Gasteiger partial charge in [-0.25, -0.2) is 0 Å². The molecule has 0 radical (unpaired) electrons. The minimum absolute atomic E-state index is 0.0163. The number of nitrogens with zero attached hydrogens (tertiary/aromatic N) is 3. The maximum Gasteiger partial charge on any atom is 0.291 e. The number of amides is 1. The summed E-state index contributed by atoms with van der Waals surface area (Å²) in [5, 5.41) is 14.4. The van der Waals surface area contributed by atoms with Gasteiger partial charge in [0.1, 0.15) is 5.95 Å². The lowest BCUT2D eigenvalue weighted by Gasteiger charge is -2.32. The number of carbonyl (C=O) groups excluding carboxylic acids is 1. The van der Waals surface area contributed by atoms with E-state index in [9.17, 15) is 9.90 Å². The highest BCUT2D eigenvalue weighted by Crippen LogP contribution is 2.13. The van der Waals surface area contributed by atoms with E-state index < -0.39 is 5.95 Å². The molecule has 0 bridgehead atoms. The molecule has 3 rings (SSSR count). The summed E-state index contributed by atoms with van der Waals surface area (Å²) < 4.78 is 11.4. The van der Waals surface area contributed by atoms with Crippen molar-refractivity contribution < 1.29 is 23.8 Å². The number of carbonyl (C=O) groups is 1. The van der Waals surface area contributed by atoms with Crippen LogP contribution in [0.2, 0.25) is 0 Å². The summed E-state index contributed by atoms with van der Waals surface area (Å²) in [5.74, 6) is -0.631. The number of aryl methyl sites for hydroxylation is 1. The number of hydrogen-bond donors (Lipinski definition) is 0. The zero-order valence-electron chi connectivity index (χ0n) is 13.5. The first kappa shape index (κ1) is 16.4. The third kappa shape index (κ3) is 4.55. The van der Waals surface area contributed by atoms with Crippen molar-refractivity contribution in [1.29, 1.82) is 0 Å². The third-order valence-electron chi connectivity index (χ3n) is 4.11. The lowest BCUT2D eigenvalue weighted by molar-refractivity contribution is -0.751. The molecule has 7 heteroatoms. The molecule has 1 aromatic carbocycles. The fourth-order valence-corrected chi connectivity index (χ4v) is 2.87. The van der Waals surface area contributed by atoms with Crippen molar-refractivity contribution in [2.75, 3.05) is 19.7 Å². The van der Waals surface area contributed by atoms with E-state index in [1.807, 2.05) is 18.2 Å². The van der Waals surface area contributed by atoms with E-state index in [2.05, 4.69) is 21.9 Å². The van der Waals surface area contributed by atoms with Crippen LogP contribution in [-0.2, 0) is 22.5 Å².